The predicted octanol–water partition coefficient (Wildman–Crippen LogP) is 2.55. The lowest BCUT2D eigenvalue weighted by Crippen LogP contribution is -2.30. The summed E-state index contributed by atoms with van der Waals surface area (Å²) in [6.07, 6.45) is 4.35. The van der Waals surface area contributed by atoms with E-state index in [2.05, 4.69) is 37.8 Å². The third-order valence-electron chi connectivity index (χ3n) is 3.08. The fourth-order valence-corrected chi connectivity index (χ4v) is 2.40. The summed E-state index contributed by atoms with van der Waals surface area (Å²) in [7, 11) is 0. The fourth-order valence-electron chi connectivity index (χ4n) is 2.00. The van der Waals surface area contributed by atoms with Gasteiger partial charge in [0.1, 0.15) is 11.6 Å². The predicted molar refractivity (Wildman–Crippen MR) is 75.8 cm³/mol. The number of hydrogen-bond acceptors (Lipinski definition) is 3. The Morgan fingerprint density at radius 3 is 2.95 bits per heavy atom. The van der Waals surface area contributed by atoms with E-state index in [1.54, 1.807) is 18.3 Å². The molecule has 3 N–H and O–H groups in total. The lowest BCUT2D eigenvalue weighted by atomic mass is 10.0. The minimum absolute atomic E-state index is 0.107. The van der Waals surface area contributed by atoms with E-state index >= 15 is 0 Å². The summed E-state index contributed by atoms with van der Waals surface area (Å²) in [5.41, 5.74) is 3.68. The van der Waals surface area contributed by atoms with Gasteiger partial charge in [0.05, 0.1) is 10.5 Å². The molecule has 1 unspecified atom stereocenters. The van der Waals surface area contributed by atoms with Crippen LogP contribution in [0.15, 0.2) is 35.1 Å². The number of halogens is 2. The monoisotopic (exact) mass is 326 g/mol. The lowest BCUT2D eigenvalue weighted by molar-refractivity contribution is 0.521. The third kappa shape index (κ3) is 3.20. The van der Waals surface area contributed by atoms with Crippen LogP contribution in [0.5, 0.6) is 0 Å². The number of benzene rings is 1. The Labute approximate surface area is 119 Å². The molecule has 2 aromatic rings. The summed E-state index contributed by atoms with van der Waals surface area (Å²) in [5, 5.41) is 0. The maximum absolute atomic E-state index is 13.2. The number of imidazole rings is 1. The van der Waals surface area contributed by atoms with E-state index in [0.717, 1.165) is 17.9 Å². The molecular weight excluding hydrogens is 311 g/mol. The molecule has 0 amide bonds. The van der Waals surface area contributed by atoms with Crippen LogP contribution < -0.4 is 11.3 Å². The van der Waals surface area contributed by atoms with Gasteiger partial charge in [-0.3, -0.25) is 11.3 Å². The minimum atomic E-state index is -0.283. The van der Waals surface area contributed by atoms with Crippen molar-refractivity contribution in [3.8, 4) is 0 Å². The second kappa shape index (κ2) is 6.27. The fraction of sp³-hybridized carbons (Fsp3) is 0.308. The second-order valence-corrected chi connectivity index (χ2v) is 5.08. The van der Waals surface area contributed by atoms with Gasteiger partial charge in [-0.15, -0.1) is 0 Å². The smallest absolute Gasteiger partial charge is 0.137 e. The SMILES string of the molecule is CCn1ccnc1CC(NN)c1ccc(F)c(Br)c1. The van der Waals surface area contributed by atoms with Crippen molar-refractivity contribution in [2.24, 2.45) is 5.84 Å². The molecule has 0 bridgehead atoms. The summed E-state index contributed by atoms with van der Waals surface area (Å²) in [6, 6.07) is 4.78. The van der Waals surface area contributed by atoms with Crippen molar-refractivity contribution in [1.29, 1.82) is 0 Å². The highest BCUT2D eigenvalue weighted by Crippen LogP contribution is 2.23. The summed E-state index contributed by atoms with van der Waals surface area (Å²) in [5.74, 6) is 6.27. The highest BCUT2D eigenvalue weighted by atomic mass is 79.9. The number of nitrogens with zero attached hydrogens (tertiary/aromatic N) is 2. The van der Waals surface area contributed by atoms with Crippen LogP contribution in [0.4, 0.5) is 4.39 Å². The molecule has 0 fully saturated rings. The first kappa shape index (κ1) is 14.2. The Morgan fingerprint density at radius 2 is 2.32 bits per heavy atom. The summed E-state index contributed by atoms with van der Waals surface area (Å²) >= 11 is 3.19. The molecule has 0 saturated carbocycles. The molecule has 19 heavy (non-hydrogen) atoms. The summed E-state index contributed by atoms with van der Waals surface area (Å²) in [4.78, 5) is 4.32. The molecule has 0 saturated heterocycles. The van der Waals surface area contributed by atoms with Crippen LogP contribution in [0.2, 0.25) is 0 Å². The van der Waals surface area contributed by atoms with Crippen LogP contribution in [0.1, 0.15) is 24.4 Å². The molecule has 1 aromatic heterocycles. The van der Waals surface area contributed by atoms with Crippen LogP contribution in [-0.4, -0.2) is 9.55 Å². The average Bonchev–Trinajstić information content (AvgIpc) is 2.86. The zero-order valence-electron chi connectivity index (χ0n) is 10.6. The van der Waals surface area contributed by atoms with E-state index in [4.69, 9.17) is 5.84 Å². The van der Waals surface area contributed by atoms with Crippen LogP contribution in [0.3, 0.4) is 0 Å². The number of hydrogen-bond donors (Lipinski definition) is 2. The molecule has 1 aromatic carbocycles. The summed E-state index contributed by atoms with van der Waals surface area (Å²) in [6.45, 7) is 2.92. The van der Waals surface area contributed by atoms with E-state index in [0.29, 0.717) is 10.9 Å². The highest BCUT2D eigenvalue weighted by Gasteiger charge is 2.15. The Hall–Kier alpha value is -1.24. The minimum Gasteiger partial charge on any atom is -0.335 e. The lowest BCUT2D eigenvalue weighted by Gasteiger charge is -2.17. The van der Waals surface area contributed by atoms with Gasteiger partial charge in [-0.25, -0.2) is 9.37 Å². The van der Waals surface area contributed by atoms with E-state index in [9.17, 15) is 4.39 Å². The number of nitrogens with one attached hydrogen (secondary N) is 1. The number of nitrogens with two attached hydrogens (primary N) is 1. The van der Waals surface area contributed by atoms with Gasteiger partial charge in [0, 0.05) is 25.4 Å². The molecule has 0 radical (unpaired) electrons. The van der Waals surface area contributed by atoms with Crippen LogP contribution >= 0.6 is 15.9 Å². The van der Waals surface area contributed by atoms with E-state index in [1.165, 1.54) is 6.07 Å². The average molecular weight is 327 g/mol. The molecule has 0 aliphatic carbocycles. The first-order valence-corrected chi connectivity index (χ1v) is 6.86. The van der Waals surface area contributed by atoms with E-state index in [1.807, 2.05) is 6.20 Å². The van der Waals surface area contributed by atoms with Gasteiger partial charge < -0.3 is 4.57 Å². The molecule has 4 nitrogen and oxygen atoms in total. The van der Waals surface area contributed by atoms with Crippen molar-refractivity contribution in [1.82, 2.24) is 15.0 Å². The maximum atomic E-state index is 13.2. The summed E-state index contributed by atoms with van der Waals surface area (Å²) < 4.78 is 15.7. The molecule has 2 rings (SSSR count). The van der Waals surface area contributed by atoms with Crippen LogP contribution in [0, 0.1) is 5.82 Å². The Morgan fingerprint density at radius 1 is 1.53 bits per heavy atom. The molecule has 102 valence electrons. The van der Waals surface area contributed by atoms with Crippen molar-refractivity contribution in [2.45, 2.75) is 25.9 Å². The number of aromatic nitrogens is 2. The quantitative estimate of drug-likeness (QED) is 0.655. The molecule has 0 spiro atoms. The van der Waals surface area contributed by atoms with Gasteiger partial charge in [0.25, 0.3) is 0 Å². The van der Waals surface area contributed by atoms with Gasteiger partial charge in [-0.05, 0) is 40.5 Å². The number of hydrazine groups is 1. The zero-order chi connectivity index (χ0) is 13.8. The molecule has 0 aliphatic heterocycles. The van der Waals surface area contributed by atoms with Crippen molar-refractivity contribution in [3.05, 3.63) is 52.3 Å². The molecule has 0 aliphatic rings. The Bertz CT molecular complexity index is 555. The maximum Gasteiger partial charge on any atom is 0.137 e. The van der Waals surface area contributed by atoms with Crippen molar-refractivity contribution in [3.63, 3.8) is 0 Å². The van der Waals surface area contributed by atoms with Gasteiger partial charge in [-0.2, -0.15) is 0 Å². The first-order chi connectivity index (χ1) is 9.15. The molecular formula is C13H16BrFN4. The Kier molecular flexibility index (Phi) is 4.68. The van der Waals surface area contributed by atoms with Crippen molar-refractivity contribution < 1.29 is 4.39 Å². The topological polar surface area (TPSA) is 55.9 Å². The molecule has 1 atom stereocenters. The normalized spacial score (nSPS) is 12.6. The third-order valence-corrected chi connectivity index (χ3v) is 3.68. The standard InChI is InChI=1S/C13H16BrFN4/c1-2-19-6-5-17-13(19)8-12(18-16)9-3-4-11(15)10(14)7-9/h3-7,12,18H,2,8,16H2,1H3. The van der Waals surface area contributed by atoms with Crippen LogP contribution in [-0.2, 0) is 13.0 Å². The second-order valence-electron chi connectivity index (χ2n) is 4.23. The highest BCUT2D eigenvalue weighted by molar-refractivity contribution is 9.10. The van der Waals surface area contributed by atoms with Crippen molar-refractivity contribution >= 4 is 15.9 Å². The van der Waals surface area contributed by atoms with Gasteiger partial charge >= 0.3 is 0 Å². The first-order valence-electron chi connectivity index (χ1n) is 6.06. The van der Waals surface area contributed by atoms with Crippen molar-refractivity contribution in [2.75, 3.05) is 0 Å². The number of rotatable bonds is 5. The number of aryl methyl sites for hydroxylation is 1. The molecule has 6 heteroatoms. The van der Waals surface area contributed by atoms with E-state index < -0.39 is 0 Å². The van der Waals surface area contributed by atoms with E-state index in [-0.39, 0.29) is 11.9 Å². The largest absolute Gasteiger partial charge is 0.335 e. The molecule has 1 heterocycles. The van der Waals surface area contributed by atoms with Gasteiger partial charge in [0.2, 0.25) is 0 Å². The van der Waals surface area contributed by atoms with Gasteiger partial charge in [-0.1, -0.05) is 6.07 Å². The zero-order valence-corrected chi connectivity index (χ0v) is 12.2. The van der Waals surface area contributed by atoms with Gasteiger partial charge in [0.15, 0.2) is 0 Å². The Balaban J connectivity index is 2.22. The van der Waals surface area contributed by atoms with Crippen LogP contribution in [0.25, 0.3) is 0 Å².